The molecule has 1 aromatic rings. The summed E-state index contributed by atoms with van der Waals surface area (Å²) in [7, 11) is 0. The molecule has 0 aliphatic heterocycles. The van der Waals surface area contributed by atoms with Gasteiger partial charge in [-0.2, -0.15) is 0 Å². The monoisotopic (exact) mass is 391 g/mol. The quantitative estimate of drug-likeness (QED) is 0.362. The Morgan fingerprint density at radius 2 is 1.82 bits per heavy atom. The van der Waals surface area contributed by atoms with Crippen LogP contribution in [0.15, 0.2) is 29.3 Å². The van der Waals surface area contributed by atoms with Crippen LogP contribution in [0.3, 0.4) is 0 Å². The number of carbonyl (C=O) groups is 3. The van der Waals surface area contributed by atoms with Crippen LogP contribution in [0, 0.1) is 0 Å². The maximum Gasteiger partial charge on any atom is 0.303 e. The first kappa shape index (κ1) is 22.9. The zero-order valence-corrected chi connectivity index (χ0v) is 16.1. The number of hydrogen-bond acceptors (Lipinski definition) is 4. The number of carbonyl (C=O) groups excluding carboxylic acids is 2. The van der Waals surface area contributed by atoms with Crippen molar-refractivity contribution >= 4 is 29.4 Å². The molecular weight excluding hydrogens is 362 g/mol. The summed E-state index contributed by atoms with van der Waals surface area (Å²) >= 11 is 0. The molecule has 0 bridgehead atoms. The van der Waals surface area contributed by atoms with Gasteiger partial charge in [-0.05, 0) is 31.0 Å². The molecule has 1 aromatic carbocycles. The molecule has 9 nitrogen and oxygen atoms in total. The summed E-state index contributed by atoms with van der Waals surface area (Å²) < 4.78 is 0. The smallest absolute Gasteiger partial charge is 0.303 e. The lowest BCUT2D eigenvalue weighted by molar-refractivity contribution is -0.136. The fourth-order valence-electron chi connectivity index (χ4n) is 2.65. The van der Waals surface area contributed by atoms with Gasteiger partial charge in [-0.25, -0.2) is 4.99 Å². The molecule has 9 heteroatoms. The van der Waals surface area contributed by atoms with Crippen molar-refractivity contribution in [2.45, 2.75) is 51.5 Å². The van der Waals surface area contributed by atoms with Gasteiger partial charge in [0.1, 0.15) is 0 Å². The number of nitrogens with two attached hydrogens (primary N) is 2. The molecule has 0 aromatic heterocycles. The highest BCUT2D eigenvalue weighted by Gasteiger charge is 2.16. The molecule has 0 heterocycles. The number of aliphatic imine (C=N–C) groups is 1. The van der Waals surface area contributed by atoms with Gasteiger partial charge in [-0.15, -0.1) is 0 Å². The minimum Gasteiger partial charge on any atom is -0.481 e. The van der Waals surface area contributed by atoms with E-state index in [2.05, 4.69) is 15.6 Å². The number of carboxylic acids is 1. The van der Waals surface area contributed by atoms with Crippen LogP contribution in [0.5, 0.6) is 0 Å². The summed E-state index contributed by atoms with van der Waals surface area (Å²) in [5.74, 6) is -1.32. The fourth-order valence-corrected chi connectivity index (χ4v) is 2.65. The molecule has 7 N–H and O–H groups in total. The van der Waals surface area contributed by atoms with Crippen LogP contribution >= 0.6 is 0 Å². The van der Waals surface area contributed by atoms with Crippen LogP contribution in [-0.2, 0) is 9.59 Å². The van der Waals surface area contributed by atoms with Gasteiger partial charge in [-0.1, -0.05) is 32.3 Å². The SMILES string of the molecule is CCC(=O)O.NC(N)=Nc1cccc(C(=O)NCC(=O)NC2CCCCC2)c1. The number of rotatable bonds is 6. The standard InChI is InChI=1S/C16H23N5O2.C3H6O2/c17-16(18)21-13-8-4-5-11(9-13)15(23)19-10-14(22)20-12-6-2-1-3-7-12;1-2-3(4)5/h4-5,8-9,12H,1-3,6-7,10H2,(H,19,23)(H,20,22)(H4,17,18,21);2H2,1H3,(H,4,5). The molecule has 1 fully saturated rings. The van der Waals surface area contributed by atoms with Crippen LogP contribution in [0.25, 0.3) is 0 Å². The zero-order valence-electron chi connectivity index (χ0n) is 16.1. The van der Waals surface area contributed by atoms with Crippen molar-refractivity contribution in [2.75, 3.05) is 6.54 Å². The van der Waals surface area contributed by atoms with E-state index < -0.39 is 5.97 Å². The molecule has 2 rings (SSSR count). The Hall–Kier alpha value is -3.10. The number of benzene rings is 1. The van der Waals surface area contributed by atoms with Crippen molar-refractivity contribution in [3.8, 4) is 0 Å². The first-order valence-corrected chi connectivity index (χ1v) is 9.30. The molecule has 1 saturated carbocycles. The summed E-state index contributed by atoms with van der Waals surface area (Å²) in [4.78, 5) is 37.2. The van der Waals surface area contributed by atoms with Gasteiger partial charge >= 0.3 is 5.97 Å². The highest BCUT2D eigenvalue weighted by Crippen LogP contribution is 2.17. The summed E-state index contributed by atoms with van der Waals surface area (Å²) in [6.45, 7) is 1.56. The molecular formula is C19H29N5O4. The van der Waals surface area contributed by atoms with Crippen molar-refractivity contribution < 1.29 is 19.5 Å². The number of amides is 2. The largest absolute Gasteiger partial charge is 0.481 e. The van der Waals surface area contributed by atoms with Crippen molar-refractivity contribution in [3.63, 3.8) is 0 Å². The van der Waals surface area contributed by atoms with Crippen molar-refractivity contribution in [1.29, 1.82) is 0 Å². The van der Waals surface area contributed by atoms with Crippen LogP contribution < -0.4 is 22.1 Å². The van der Waals surface area contributed by atoms with E-state index in [0.29, 0.717) is 11.3 Å². The van der Waals surface area contributed by atoms with Crippen molar-refractivity contribution in [1.82, 2.24) is 10.6 Å². The average Bonchev–Trinajstić information content (AvgIpc) is 2.67. The first-order chi connectivity index (χ1) is 13.3. The summed E-state index contributed by atoms with van der Waals surface area (Å²) in [5.41, 5.74) is 11.5. The number of guanidine groups is 1. The van der Waals surface area contributed by atoms with Crippen LogP contribution in [0.2, 0.25) is 0 Å². The van der Waals surface area contributed by atoms with E-state index in [4.69, 9.17) is 16.6 Å². The lowest BCUT2D eigenvalue weighted by Crippen LogP contribution is -2.42. The molecule has 1 aliphatic carbocycles. The van der Waals surface area contributed by atoms with E-state index in [1.165, 1.54) is 6.42 Å². The van der Waals surface area contributed by atoms with Gasteiger partial charge in [0.25, 0.3) is 5.91 Å². The predicted octanol–water partition coefficient (Wildman–Crippen LogP) is 1.25. The highest BCUT2D eigenvalue weighted by molar-refractivity contribution is 5.97. The van der Waals surface area contributed by atoms with Gasteiger partial charge < -0.3 is 27.2 Å². The van der Waals surface area contributed by atoms with Crippen molar-refractivity contribution in [2.24, 2.45) is 16.5 Å². The van der Waals surface area contributed by atoms with Gasteiger partial charge in [0.05, 0.1) is 12.2 Å². The Morgan fingerprint density at radius 1 is 1.18 bits per heavy atom. The minimum atomic E-state index is -0.745. The lowest BCUT2D eigenvalue weighted by Gasteiger charge is -2.22. The molecule has 0 saturated heterocycles. The predicted molar refractivity (Wildman–Crippen MR) is 107 cm³/mol. The Labute approximate surface area is 164 Å². The molecule has 0 spiro atoms. The Balaban J connectivity index is 0.000000696. The van der Waals surface area contributed by atoms with Crippen molar-refractivity contribution in [3.05, 3.63) is 29.8 Å². The second kappa shape index (κ2) is 12.3. The average molecular weight is 391 g/mol. The van der Waals surface area contributed by atoms with E-state index in [0.717, 1.165) is 25.7 Å². The first-order valence-electron chi connectivity index (χ1n) is 9.30. The summed E-state index contributed by atoms with van der Waals surface area (Å²) in [6.07, 6.45) is 5.78. The van der Waals surface area contributed by atoms with Crippen LogP contribution in [0.4, 0.5) is 5.69 Å². The van der Waals surface area contributed by atoms with Gasteiger partial charge in [0, 0.05) is 18.0 Å². The fraction of sp³-hybridized carbons (Fsp3) is 0.474. The second-order valence-electron chi connectivity index (χ2n) is 6.42. The lowest BCUT2D eigenvalue weighted by atomic mass is 9.95. The third-order valence-electron chi connectivity index (χ3n) is 4.05. The van der Waals surface area contributed by atoms with Gasteiger partial charge in [0.2, 0.25) is 5.91 Å². The molecule has 0 radical (unpaired) electrons. The normalized spacial score (nSPS) is 13.5. The van der Waals surface area contributed by atoms with E-state index in [9.17, 15) is 14.4 Å². The van der Waals surface area contributed by atoms with E-state index in [-0.39, 0.29) is 36.8 Å². The molecule has 1 aliphatic rings. The maximum absolute atomic E-state index is 12.1. The number of nitrogens with zero attached hydrogens (tertiary/aromatic N) is 1. The third-order valence-corrected chi connectivity index (χ3v) is 4.05. The Kier molecular flexibility index (Phi) is 10.1. The molecule has 0 atom stereocenters. The Bertz CT molecular complexity index is 695. The van der Waals surface area contributed by atoms with Crippen LogP contribution in [-0.4, -0.2) is 41.4 Å². The summed E-state index contributed by atoms with van der Waals surface area (Å²) in [5, 5.41) is 13.3. The van der Waals surface area contributed by atoms with Crippen LogP contribution in [0.1, 0.15) is 55.8 Å². The highest BCUT2D eigenvalue weighted by atomic mass is 16.4. The Morgan fingerprint density at radius 3 is 2.39 bits per heavy atom. The zero-order chi connectivity index (χ0) is 20.9. The topological polar surface area (TPSA) is 160 Å². The minimum absolute atomic E-state index is 0.0398. The molecule has 0 unspecified atom stereocenters. The second-order valence-corrected chi connectivity index (χ2v) is 6.42. The molecule has 28 heavy (non-hydrogen) atoms. The van der Waals surface area contributed by atoms with Gasteiger partial charge in [-0.3, -0.25) is 14.4 Å². The number of nitrogens with one attached hydrogen (secondary N) is 2. The number of hydrogen-bond donors (Lipinski definition) is 5. The van der Waals surface area contributed by atoms with Gasteiger partial charge in [0.15, 0.2) is 5.96 Å². The third kappa shape index (κ3) is 9.56. The maximum atomic E-state index is 12.1. The molecule has 2 amide bonds. The van der Waals surface area contributed by atoms with E-state index in [1.807, 2.05) is 0 Å². The van der Waals surface area contributed by atoms with E-state index in [1.54, 1.807) is 31.2 Å². The summed E-state index contributed by atoms with van der Waals surface area (Å²) in [6, 6.07) is 6.80. The van der Waals surface area contributed by atoms with E-state index >= 15 is 0 Å². The molecule has 154 valence electrons. The number of aliphatic carboxylic acids is 1. The number of carboxylic acid groups (broad SMARTS) is 1.